The number of aryl methyl sites for hydroxylation is 1. The molecule has 0 bridgehead atoms. The summed E-state index contributed by atoms with van der Waals surface area (Å²) in [6, 6.07) is 22.0. The Hall–Kier alpha value is -3.18. The number of benzene rings is 3. The molecule has 0 saturated heterocycles. The van der Waals surface area contributed by atoms with Crippen molar-refractivity contribution in [2.45, 2.75) is 33.9 Å². The minimum atomic E-state index is 0.0453. The van der Waals surface area contributed by atoms with Gasteiger partial charge in [-0.1, -0.05) is 67.9 Å². The summed E-state index contributed by atoms with van der Waals surface area (Å²) in [6.07, 6.45) is 0. The highest BCUT2D eigenvalue weighted by atomic mass is 32.1. The molecule has 0 unspecified atom stereocenters. The van der Waals surface area contributed by atoms with Crippen molar-refractivity contribution < 1.29 is 9.53 Å². The fourth-order valence-electron chi connectivity index (χ4n) is 3.77. The van der Waals surface area contributed by atoms with Crippen LogP contribution < -0.4 is 4.74 Å². The quantitative estimate of drug-likeness (QED) is 0.312. The van der Waals surface area contributed by atoms with E-state index < -0.39 is 0 Å². The molecule has 1 heterocycles. The molecule has 0 atom stereocenters. The first-order valence-electron chi connectivity index (χ1n) is 10.9. The Kier molecular flexibility index (Phi) is 6.86. The van der Waals surface area contributed by atoms with Crippen LogP contribution in [0.4, 0.5) is 0 Å². The monoisotopic (exact) mass is 444 g/mol. The third-order valence-corrected chi connectivity index (χ3v) is 6.06. The van der Waals surface area contributed by atoms with Crippen molar-refractivity contribution in [2.75, 3.05) is 6.54 Å². The number of fused-ring (bicyclic) bond motifs is 1. The number of carbonyl (C=O) groups excluding carboxylic acids is 1. The van der Waals surface area contributed by atoms with Gasteiger partial charge < -0.3 is 9.64 Å². The molecule has 4 aromatic rings. The maximum Gasteiger partial charge on any atom is 0.254 e. The van der Waals surface area contributed by atoms with Gasteiger partial charge in [0.05, 0.1) is 12.2 Å². The van der Waals surface area contributed by atoms with Crippen molar-refractivity contribution in [2.24, 2.45) is 5.92 Å². The molecule has 1 amide bonds. The number of ether oxygens (including phenoxy) is 1. The molecule has 0 aliphatic heterocycles. The number of carbonyl (C=O) groups is 1. The van der Waals surface area contributed by atoms with Crippen molar-refractivity contribution in [3.05, 3.63) is 93.9 Å². The predicted octanol–water partition coefficient (Wildman–Crippen LogP) is 6.48. The van der Waals surface area contributed by atoms with Gasteiger partial charge in [0.15, 0.2) is 0 Å². The summed E-state index contributed by atoms with van der Waals surface area (Å²) in [5.41, 5.74) is 2.70. The molecule has 0 fully saturated rings. The van der Waals surface area contributed by atoms with E-state index in [4.69, 9.17) is 9.72 Å². The van der Waals surface area contributed by atoms with Gasteiger partial charge in [0, 0.05) is 22.9 Å². The maximum atomic E-state index is 13.2. The highest BCUT2D eigenvalue weighted by molar-refractivity contribution is 7.09. The lowest BCUT2D eigenvalue weighted by molar-refractivity contribution is 0.0720. The molecule has 1 aromatic heterocycles. The zero-order valence-corrected chi connectivity index (χ0v) is 19.6. The van der Waals surface area contributed by atoms with Crippen LogP contribution in [0.2, 0.25) is 0 Å². The van der Waals surface area contributed by atoms with Crippen molar-refractivity contribution in [3.8, 4) is 5.75 Å². The smallest absolute Gasteiger partial charge is 0.254 e. The number of rotatable bonds is 8. The standard InChI is InChI=1S/C27H28N2O2S/c1-19(2)15-29(27(30)22-11-6-8-20(3)14-22)16-23-18-32-26(28-23)17-31-25-13-7-10-21-9-4-5-12-24(21)25/h4-14,18-19H,15-17H2,1-3H3. The average Bonchev–Trinajstić information content (AvgIpc) is 3.23. The molecule has 0 aliphatic carbocycles. The van der Waals surface area contributed by atoms with Gasteiger partial charge in [-0.05, 0) is 36.4 Å². The molecule has 4 nitrogen and oxygen atoms in total. The van der Waals surface area contributed by atoms with Gasteiger partial charge in [0.1, 0.15) is 17.4 Å². The molecule has 3 aromatic carbocycles. The fraction of sp³-hybridized carbons (Fsp3) is 0.259. The first-order chi connectivity index (χ1) is 15.5. The summed E-state index contributed by atoms with van der Waals surface area (Å²) < 4.78 is 6.09. The van der Waals surface area contributed by atoms with E-state index in [2.05, 4.69) is 32.0 Å². The number of aromatic nitrogens is 1. The Labute approximate surface area is 193 Å². The van der Waals surface area contributed by atoms with E-state index in [-0.39, 0.29) is 5.91 Å². The van der Waals surface area contributed by atoms with Crippen molar-refractivity contribution in [3.63, 3.8) is 0 Å². The van der Waals surface area contributed by atoms with Gasteiger partial charge in [0.25, 0.3) is 5.91 Å². The van der Waals surface area contributed by atoms with E-state index >= 15 is 0 Å². The number of hydrogen-bond donors (Lipinski definition) is 0. The SMILES string of the molecule is Cc1cccc(C(=O)N(Cc2csc(COc3cccc4ccccc34)n2)CC(C)C)c1. The molecular weight excluding hydrogens is 416 g/mol. The van der Waals surface area contributed by atoms with Crippen LogP contribution in [0, 0.1) is 12.8 Å². The molecule has 164 valence electrons. The average molecular weight is 445 g/mol. The second-order valence-electron chi connectivity index (χ2n) is 8.45. The van der Waals surface area contributed by atoms with Gasteiger partial charge in [0.2, 0.25) is 0 Å². The number of thiazole rings is 1. The topological polar surface area (TPSA) is 42.4 Å². The van der Waals surface area contributed by atoms with E-state index in [0.29, 0.717) is 25.6 Å². The zero-order chi connectivity index (χ0) is 22.5. The molecular formula is C27H28N2O2S. The van der Waals surface area contributed by atoms with Crippen molar-refractivity contribution >= 4 is 28.0 Å². The van der Waals surface area contributed by atoms with E-state index in [1.807, 2.05) is 65.7 Å². The summed E-state index contributed by atoms with van der Waals surface area (Å²) in [5.74, 6) is 1.27. The molecule has 32 heavy (non-hydrogen) atoms. The summed E-state index contributed by atoms with van der Waals surface area (Å²) in [7, 11) is 0. The molecule has 0 saturated carbocycles. The molecule has 5 heteroatoms. The van der Waals surface area contributed by atoms with Crippen LogP contribution in [-0.4, -0.2) is 22.3 Å². The Morgan fingerprint density at radius 3 is 2.66 bits per heavy atom. The normalized spacial score (nSPS) is 11.1. The van der Waals surface area contributed by atoms with E-state index in [0.717, 1.165) is 38.4 Å². The fourth-order valence-corrected chi connectivity index (χ4v) is 4.46. The highest BCUT2D eigenvalue weighted by Gasteiger charge is 2.19. The lowest BCUT2D eigenvalue weighted by atomic mass is 10.1. The predicted molar refractivity (Wildman–Crippen MR) is 131 cm³/mol. The van der Waals surface area contributed by atoms with Crippen LogP contribution >= 0.6 is 11.3 Å². The van der Waals surface area contributed by atoms with Crippen molar-refractivity contribution in [1.29, 1.82) is 0 Å². The molecule has 0 radical (unpaired) electrons. The molecule has 4 rings (SSSR count). The molecule has 0 aliphatic rings. The largest absolute Gasteiger partial charge is 0.486 e. The lowest BCUT2D eigenvalue weighted by Crippen LogP contribution is -2.34. The second-order valence-corrected chi connectivity index (χ2v) is 9.39. The van der Waals surface area contributed by atoms with E-state index in [1.165, 1.54) is 0 Å². The summed E-state index contributed by atoms with van der Waals surface area (Å²) in [6.45, 7) is 7.85. The zero-order valence-electron chi connectivity index (χ0n) is 18.7. The van der Waals surface area contributed by atoms with Crippen LogP contribution in [0.15, 0.2) is 72.1 Å². The van der Waals surface area contributed by atoms with Gasteiger partial charge in [-0.2, -0.15) is 0 Å². The maximum absolute atomic E-state index is 13.2. The third-order valence-electron chi connectivity index (χ3n) is 5.19. The first-order valence-corrected chi connectivity index (χ1v) is 11.8. The number of amides is 1. The molecule has 0 spiro atoms. The Bertz CT molecular complexity index is 1210. The minimum Gasteiger partial charge on any atom is -0.486 e. The van der Waals surface area contributed by atoms with Gasteiger partial charge in [-0.25, -0.2) is 4.98 Å². The van der Waals surface area contributed by atoms with Crippen LogP contribution in [-0.2, 0) is 13.2 Å². The first kappa shape index (κ1) is 22.0. The molecule has 0 N–H and O–H groups in total. The van der Waals surface area contributed by atoms with Crippen LogP contribution in [0.5, 0.6) is 5.75 Å². The lowest BCUT2D eigenvalue weighted by Gasteiger charge is -2.24. The van der Waals surface area contributed by atoms with Gasteiger partial charge in [-0.15, -0.1) is 11.3 Å². The highest BCUT2D eigenvalue weighted by Crippen LogP contribution is 2.26. The van der Waals surface area contributed by atoms with Crippen LogP contribution in [0.25, 0.3) is 10.8 Å². The Morgan fingerprint density at radius 1 is 1.06 bits per heavy atom. The summed E-state index contributed by atoms with van der Waals surface area (Å²) in [5, 5.41) is 5.18. The van der Waals surface area contributed by atoms with E-state index in [1.54, 1.807) is 11.3 Å². The third kappa shape index (κ3) is 5.35. The Balaban J connectivity index is 1.45. The van der Waals surface area contributed by atoms with E-state index in [9.17, 15) is 4.79 Å². The minimum absolute atomic E-state index is 0.0453. The van der Waals surface area contributed by atoms with Gasteiger partial charge in [-0.3, -0.25) is 4.79 Å². The number of nitrogens with zero attached hydrogens (tertiary/aromatic N) is 2. The van der Waals surface area contributed by atoms with Crippen LogP contribution in [0.1, 0.15) is 40.5 Å². The van der Waals surface area contributed by atoms with Gasteiger partial charge >= 0.3 is 0 Å². The van der Waals surface area contributed by atoms with Crippen LogP contribution in [0.3, 0.4) is 0 Å². The summed E-state index contributed by atoms with van der Waals surface area (Å²) >= 11 is 1.57. The second kappa shape index (κ2) is 9.96. The number of hydrogen-bond acceptors (Lipinski definition) is 4. The van der Waals surface area contributed by atoms with Crippen molar-refractivity contribution in [1.82, 2.24) is 9.88 Å². The summed E-state index contributed by atoms with van der Waals surface area (Å²) in [4.78, 5) is 19.8. The Morgan fingerprint density at radius 2 is 1.84 bits per heavy atom.